The van der Waals surface area contributed by atoms with Crippen LogP contribution in [0.5, 0.6) is 0 Å². The van der Waals surface area contributed by atoms with E-state index in [1.807, 2.05) is 61.5 Å². The quantitative estimate of drug-likeness (QED) is 0.786. The lowest BCUT2D eigenvalue weighted by Crippen LogP contribution is -2.13. The summed E-state index contributed by atoms with van der Waals surface area (Å²) in [6.45, 7) is 3.78. The number of nitrogens with one attached hydrogen (secondary N) is 1. The second-order valence-corrected chi connectivity index (χ2v) is 5.16. The third-order valence-corrected chi connectivity index (χ3v) is 3.44. The van der Waals surface area contributed by atoms with Gasteiger partial charge in [0.15, 0.2) is 5.76 Å². The Morgan fingerprint density at radius 3 is 2.36 bits per heavy atom. The highest BCUT2D eigenvalue weighted by molar-refractivity contribution is 6.08. The SMILES string of the molecule is Cc1ccc(-c2onc(C)c2C(=O)Nc2ccccc2)cc1. The van der Waals surface area contributed by atoms with E-state index in [9.17, 15) is 4.79 Å². The molecule has 0 spiro atoms. The summed E-state index contributed by atoms with van der Waals surface area (Å²) in [6.07, 6.45) is 0. The highest BCUT2D eigenvalue weighted by Gasteiger charge is 2.21. The lowest BCUT2D eigenvalue weighted by Gasteiger charge is -2.05. The maximum atomic E-state index is 12.5. The lowest BCUT2D eigenvalue weighted by molar-refractivity contribution is 0.102. The number of carbonyl (C=O) groups is 1. The van der Waals surface area contributed by atoms with Gasteiger partial charge in [-0.25, -0.2) is 0 Å². The molecule has 3 rings (SSSR count). The number of nitrogens with zero attached hydrogens (tertiary/aromatic N) is 1. The average Bonchev–Trinajstić information content (AvgIpc) is 2.91. The van der Waals surface area contributed by atoms with Crippen LogP contribution < -0.4 is 5.32 Å². The van der Waals surface area contributed by atoms with Crippen molar-refractivity contribution in [1.82, 2.24) is 5.16 Å². The molecule has 0 radical (unpaired) electrons. The van der Waals surface area contributed by atoms with E-state index in [1.165, 1.54) is 0 Å². The number of anilines is 1. The zero-order valence-corrected chi connectivity index (χ0v) is 12.5. The monoisotopic (exact) mass is 292 g/mol. The van der Waals surface area contributed by atoms with Crippen molar-refractivity contribution in [3.05, 3.63) is 71.4 Å². The van der Waals surface area contributed by atoms with Crippen LogP contribution in [0.3, 0.4) is 0 Å². The Hall–Kier alpha value is -2.88. The van der Waals surface area contributed by atoms with E-state index < -0.39 is 0 Å². The van der Waals surface area contributed by atoms with Crippen molar-refractivity contribution in [2.24, 2.45) is 0 Å². The van der Waals surface area contributed by atoms with Crippen LogP contribution in [0, 0.1) is 13.8 Å². The van der Waals surface area contributed by atoms with Crippen LogP contribution in [-0.2, 0) is 0 Å². The van der Waals surface area contributed by atoms with Gasteiger partial charge in [0, 0.05) is 11.3 Å². The molecular weight excluding hydrogens is 276 g/mol. The molecule has 0 aliphatic rings. The van der Waals surface area contributed by atoms with Gasteiger partial charge >= 0.3 is 0 Å². The summed E-state index contributed by atoms with van der Waals surface area (Å²) in [5, 5.41) is 6.81. The van der Waals surface area contributed by atoms with Crippen molar-refractivity contribution in [3.63, 3.8) is 0 Å². The van der Waals surface area contributed by atoms with Crippen LogP contribution >= 0.6 is 0 Å². The molecule has 1 N–H and O–H groups in total. The first-order valence-corrected chi connectivity index (χ1v) is 7.05. The minimum Gasteiger partial charge on any atom is -0.355 e. The molecule has 0 atom stereocenters. The number of aromatic nitrogens is 1. The van der Waals surface area contributed by atoms with Crippen LogP contribution in [0.1, 0.15) is 21.6 Å². The Kier molecular flexibility index (Phi) is 3.74. The number of benzene rings is 2. The van der Waals surface area contributed by atoms with Crippen LogP contribution in [0.4, 0.5) is 5.69 Å². The van der Waals surface area contributed by atoms with E-state index in [4.69, 9.17) is 4.52 Å². The number of hydrogen-bond donors (Lipinski definition) is 1. The largest absolute Gasteiger partial charge is 0.355 e. The highest BCUT2D eigenvalue weighted by Crippen LogP contribution is 2.27. The standard InChI is InChI=1S/C18H16N2O2/c1-12-8-10-14(11-9-12)17-16(13(2)20-22-17)18(21)19-15-6-4-3-5-7-15/h3-11H,1-2H3,(H,19,21). The summed E-state index contributed by atoms with van der Waals surface area (Å²) in [5.74, 6) is 0.270. The summed E-state index contributed by atoms with van der Waals surface area (Å²) < 4.78 is 5.37. The van der Waals surface area contributed by atoms with Gasteiger partial charge in [-0.15, -0.1) is 0 Å². The van der Waals surface area contributed by atoms with Gasteiger partial charge in [0.2, 0.25) is 0 Å². The number of amides is 1. The maximum absolute atomic E-state index is 12.5. The maximum Gasteiger partial charge on any atom is 0.261 e. The Morgan fingerprint density at radius 1 is 1.00 bits per heavy atom. The molecule has 110 valence electrons. The molecule has 0 unspecified atom stereocenters. The summed E-state index contributed by atoms with van der Waals surface area (Å²) in [4.78, 5) is 12.5. The van der Waals surface area contributed by atoms with Crippen LogP contribution in [0.15, 0.2) is 59.1 Å². The van der Waals surface area contributed by atoms with Gasteiger partial charge in [-0.2, -0.15) is 0 Å². The molecule has 0 saturated heterocycles. The van der Waals surface area contributed by atoms with Crippen molar-refractivity contribution >= 4 is 11.6 Å². The molecule has 0 fully saturated rings. The number of rotatable bonds is 3. The summed E-state index contributed by atoms with van der Waals surface area (Å²) in [6, 6.07) is 17.1. The van der Waals surface area contributed by atoms with Crippen LogP contribution in [0.2, 0.25) is 0 Å². The lowest BCUT2D eigenvalue weighted by atomic mass is 10.0. The predicted octanol–water partition coefficient (Wildman–Crippen LogP) is 4.21. The summed E-state index contributed by atoms with van der Waals surface area (Å²) in [5.41, 5.74) is 3.76. The minimum absolute atomic E-state index is 0.222. The second kappa shape index (κ2) is 5.85. The molecule has 0 saturated carbocycles. The van der Waals surface area contributed by atoms with Gasteiger partial charge in [-0.05, 0) is 26.0 Å². The van der Waals surface area contributed by atoms with Gasteiger partial charge in [0.05, 0.1) is 5.69 Å². The molecular formula is C18H16N2O2. The van der Waals surface area contributed by atoms with Crippen molar-refractivity contribution in [2.75, 3.05) is 5.32 Å². The zero-order valence-electron chi connectivity index (χ0n) is 12.5. The van der Waals surface area contributed by atoms with E-state index in [2.05, 4.69) is 10.5 Å². The molecule has 1 aromatic heterocycles. The Morgan fingerprint density at radius 2 is 1.68 bits per heavy atom. The van der Waals surface area contributed by atoms with Crippen LogP contribution in [-0.4, -0.2) is 11.1 Å². The average molecular weight is 292 g/mol. The Labute approximate surface area is 128 Å². The first-order chi connectivity index (χ1) is 10.6. The van der Waals surface area contributed by atoms with E-state index in [1.54, 1.807) is 6.92 Å². The third kappa shape index (κ3) is 2.76. The summed E-state index contributed by atoms with van der Waals surface area (Å²) >= 11 is 0. The predicted molar refractivity (Wildman–Crippen MR) is 85.8 cm³/mol. The van der Waals surface area contributed by atoms with Gasteiger partial charge in [-0.3, -0.25) is 4.79 Å². The second-order valence-electron chi connectivity index (χ2n) is 5.16. The minimum atomic E-state index is -0.222. The molecule has 2 aromatic carbocycles. The van der Waals surface area contributed by atoms with Crippen molar-refractivity contribution in [1.29, 1.82) is 0 Å². The fourth-order valence-electron chi connectivity index (χ4n) is 2.25. The van der Waals surface area contributed by atoms with Crippen molar-refractivity contribution < 1.29 is 9.32 Å². The van der Waals surface area contributed by atoms with Gasteiger partial charge in [0.25, 0.3) is 5.91 Å². The highest BCUT2D eigenvalue weighted by atomic mass is 16.5. The Balaban J connectivity index is 1.95. The van der Waals surface area contributed by atoms with E-state index in [0.29, 0.717) is 17.0 Å². The molecule has 1 amide bonds. The molecule has 4 nitrogen and oxygen atoms in total. The summed E-state index contributed by atoms with van der Waals surface area (Å²) in [7, 11) is 0. The number of aryl methyl sites for hydroxylation is 2. The first-order valence-electron chi connectivity index (χ1n) is 7.05. The van der Waals surface area contributed by atoms with Gasteiger partial charge < -0.3 is 9.84 Å². The number of hydrogen-bond acceptors (Lipinski definition) is 3. The topological polar surface area (TPSA) is 55.1 Å². The fourth-order valence-corrected chi connectivity index (χ4v) is 2.25. The molecule has 0 aliphatic carbocycles. The molecule has 0 bridgehead atoms. The smallest absolute Gasteiger partial charge is 0.261 e. The Bertz CT molecular complexity index is 790. The van der Waals surface area contributed by atoms with E-state index >= 15 is 0 Å². The molecule has 3 aromatic rings. The number of carbonyl (C=O) groups excluding carboxylic acids is 1. The molecule has 4 heteroatoms. The zero-order chi connectivity index (χ0) is 15.5. The third-order valence-electron chi connectivity index (χ3n) is 3.44. The normalized spacial score (nSPS) is 10.5. The first kappa shape index (κ1) is 14.1. The van der Waals surface area contributed by atoms with Crippen LogP contribution in [0.25, 0.3) is 11.3 Å². The van der Waals surface area contributed by atoms with Crippen molar-refractivity contribution in [3.8, 4) is 11.3 Å². The van der Waals surface area contributed by atoms with E-state index in [-0.39, 0.29) is 5.91 Å². The van der Waals surface area contributed by atoms with Gasteiger partial charge in [-0.1, -0.05) is 53.2 Å². The molecule has 22 heavy (non-hydrogen) atoms. The van der Waals surface area contributed by atoms with Crippen molar-refractivity contribution in [2.45, 2.75) is 13.8 Å². The number of para-hydroxylation sites is 1. The van der Waals surface area contributed by atoms with Gasteiger partial charge in [0.1, 0.15) is 5.56 Å². The molecule has 0 aliphatic heterocycles. The molecule has 1 heterocycles. The van der Waals surface area contributed by atoms with E-state index in [0.717, 1.165) is 16.8 Å². The fraction of sp³-hybridized carbons (Fsp3) is 0.111.